The van der Waals surface area contributed by atoms with Gasteiger partial charge in [0, 0.05) is 12.1 Å². The first-order valence-corrected chi connectivity index (χ1v) is 11.6. The minimum atomic E-state index is -3.91. The zero-order valence-corrected chi connectivity index (χ0v) is 18.1. The number of hydrogen-bond donors (Lipinski definition) is 1. The van der Waals surface area contributed by atoms with Crippen molar-refractivity contribution in [2.45, 2.75) is 28.9 Å². The van der Waals surface area contributed by atoms with E-state index in [0.717, 1.165) is 54.6 Å². The molecular weight excluding hydrogens is 442 g/mol. The Hall–Kier alpha value is -3.31. The number of carbonyl (C=O) groups is 1. The van der Waals surface area contributed by atoms with Gasteiger partial charge in [-0.1, -0.05) is 36.8 Å². The molecule has 0 aliphatic heterocycles. The van der Waals surface area contributed by atoms with Gasteiger partial charge in [-0.25, -0.2) is 13.4 Å². The first-order chi connectivity index (χ1) is 14.8. The molecule has 3 aromatic rings. The molecule has 1 aromatic heterocycles. The normalized spacial score (nSPS) is 11.1. The van der Waals surface area contributed by atoms with Crippen molar-refractivity contribution in [3.63, 3.8) is 0 Å². The number of rotatable bonds is 9. The zero-order valence-electron chi connectivity index (χ0n) is 16.5. The lowest BCUT2D eigenvalue weighted by molar-refractivity contribution is -0.384. The van der Waals surface area contributed by atoms with Crippen LogP contribution < -0.4 is 10.1 Å². The van der Waals surface area contributed by atoms with Crippen LogP contribution >= 0.6 is 11.3 Å². The molecule has 0 spiro atoms. The lowest BCUT2D eigenvalue weighted by Gasteiger charge is -2.06. The Labute approximate surface area is 182 Å². The summed E-state index contributed by atoms with van der Waals surface area (Å²) in [5.74, 6) is 0.0712. The van der Waals surface area contributed by atoms with Gasteiger partial charge >= 0.3 is 0 Å². The molecule has 3 rings (SSSR count). The van der Waals surface area contributed by atoms with E-state index in [1.54, 1.807) is 12.1 Å². The number of hydrogen-bond acceptors (Lipinski definition) is 8. The van der Waals surface area contributed by atoms with E-state index in [9.17, 15) is 23.3 Å². The average molecular weight is 462 g/mol. The van der Waals surface area contributed by atoms with Gasteiger partial charge in [0.15, 0.2) is 11.7 Å². The van der Waals surface area contributed by atoms with E-state index >= 15 is 0 Å². The summed E-state index contributed by atoms with van der Waals surface area (Å²) in [5, 5.41) is 13.3. The van der Waals surface area contributed by atoms with Crippen LogP contribution in [0.25, 0.3) is 0 Å². The third-order valence-electron chi connectivity index (χ3n) is 4.19. The van der Waals surface area contributed by atoms with Crippen molar-refractivity contribution >= 4 is 37.9 Å². The fourth-order valence-corrected chi connectivity index (χ4v) is 5.10. The van der Waals surface area contributed by atoms with E-state index in [0.29, 0.717) is 5.75 Å². The fraction of sp³-hybridized carbons (Fsp3) is 0.200. The molecule has 162 valence electrons. The molecule has 2 aromatic carbocycles. The Bertz CT molecular complexity index is 1170. The third kappa shape index (κ3) is 5.64. The van der Waals surface area contributed by atoms with Crippen molar-refractivity contribution in [2.75, 3.05) is 11.9 Å². The molecule has 0 atom stereocenters. The fourth-order valence-electron chi connectivity index (χ4n) is 2.65. The van der Waals surface area contributed by atoms with Gasteiger partial charge in [-0.05, 0) is 36.2 Å². The largest absolute Gasteiger partial charge is 0.484 e. The summed E-state index contributed by atoms with van der Waals surface area (Å²) in [6.45, 7) is 1.84. The van der Waals surface area contributed by atoms with Gasteiger partial charge in [0.1, 0.15) is 9.96 Å². The molecule has 1 amide bonds. The standard InChI is InChI=1S/C20H19N3O6S2/c1-2-3-14-4-8-16(9-5-14)29-13-18(24)22-20-21-12-19(30-20)31(27,28)17-10-6-15(7-11-17)23(25)26/h4-12H,2-3,13H2,1H3,(H,21,22,24). The predicted octanol–water partition coefficient (Wildman–Crippen LogP) is 3.85. The maximum absolute atomic E-state index is 12.7. The quantitative estimate of drug-likeness (QED) is 0.378. The molecule has 0 unspecified atom stereocenters. The summed E-state index contributed by atoms with van der Waals surface area (Å²) in [7, 11) is -3.91. The van der Waals surface area contributed by atoms with Crippen molar-refractivity contribution < 1.29 is 22.9 Å². The summed E-state index contributed by atoms with van der Waals surface area (Å²) in [6, 6.07) is 12.0. The molecule has 0 bridgehead atoms. The van der Waals surface area contributed by atoms with Crippen molar-refractivity contribution in [3.8, 4) is 5.75 Å². The Morgan fingerprint density at radius 2 is 1.84 bits per heavy atom. The second-order valence-corrected chi connectivity index (χ2v) is 9.68. The monoisotopic (exact) mass is 461 g/mol. The highest BCUT2D eigenvalue weighted by Crippen LogP contribution is 2.29. The lowest BCUT2D eigenvalue weighted by Crippen LogP contribution is -2.19. The van der Waals surface area contributed by atoms with Crippen LogP contribution in [0.4, 0.5) is 10.8 Å². The number of nitrogens with zero attached hydrogens (tertiary/aromatic N) is 2. The van der Waals surface area contributed by atoms with Gasteiger partial charge in [0.05, 0.1) is 16.0 Å². The Balaban J connectivity index is 1.60. The van der Waals surface area contributed by atoms with Gasteiger partial charge in [-0.3, -0.25) is 20.2 Å². The molecule has 0 saturated heterocycles. The van der Waals surface area contributed by atoms with Crippen LogP contribution in [0.3, 0.4) is 0 Å². The van der Waals surface area contributed by atoms with E-state index in [4.69, 9.17) is 4.74 Å². The molecule has 11 heteroatoms. The number of anilines is 1. The number of nitro benzene ring substituents is 1. The van der Waals surface area contributed by atoms with Gasteiger partial charge in [-0.15, -0.1) is 0 Å². The molecule has 9 nitrogen and oxygen atoms in total. The number of non-ortho nitro benzene ring substituents is 1. The maximum atomic E-state index is 12.7. The molecule has 0 radical (unpaired) electrons. The molecule has 0 aliphatic carbocycles. The summed E-state index contributed by atoms with van der Waals surface area (Å²) in [6.07, 6.45) is 3.14. The minimum Gasteiger partial charge on any atom is -0.484 e. The van der Waals surface area contributed by atoms with E-state index in [1.165, 1.54) is 5.56 Å². The molecule has 31 heavy (non-hydrogen) atoms. The minimum absolute atomic E-state index is 0.0934. The van der Waals surface area contributed by atoms with Crippen molar-refractivity contribution in [3.05, 3.63) is 70.4 Å². The van der Waals surface area contributed by atoms with E-state index in [2.05, 4.69) is 17.2 Å². The molecule has 0 fully saturated rings. The number of ether oxygens (including phenoxy) is 1. The molecule has 0 aliphatic rings. The van der Waals surface area contributed by atoms with Gasteiger partial charge in [0.25, 0.3) is 11.6 Å². The highest BCUT2D eigenvalue weighted by atomic mass is 32.2. The second-order valence-electron chi connectivity index (χ2n) is 6.47. The van der Waals surface area contributed by atoms with Crippen molar-refractivity contribution in [1.82, 2.24) is 4.98 Å². The summed E-state index contributed by atoms with van der Waals surface area (Å²) >= 11 is 0.782. The van der Waals surface area contributed by atoms with Crippen LogP contribution in [0, 0.1) is 10.1 Å². The summed E-state index contributed by atoms with van der Waals surface area (Å²) in [4.78, 5) is 26.0. The smallest absolute Gasteiger partial charge is 0.269 e. The number of sulfone groups is 1. The third-order valence-corrected chi connectivity index (χ3v) is 7.33. The van der Waals surface area contributed by atoms with Crippen LogP contribution in [-0.4, -0.2) is 30.8 Å². The van der Waals surface area contributed by atoms with Crippen LogP contribution in [-0.2, 0) is 21.1 Å². The van der Waals surface area contributed by atoms with Crippen LogP contribution in [0.1, 0.15) is 18.9 Å². The number of aromatic nitrogens is 1. The lowest BCUT2D eigenvalue weighted by atomic mass is 10.1. The Morgan fingerprint density at radius 3 is 2.45 bits per heavy atom. The Kier molecular flexibility index (Phi) is 6.98. The number of nitrogens with one attached hydrogen (secondary N) is 1. The predicted molar refractivity (Wildman–Crippen MR) is 115 cm³/mol. The molecular formula is C20H19N3O6S2. The molecule has 0 saturated carbocycles. The van der Waals surface area contributed by atoms with E-state index in [-0.39, 0.29) is 26.5 Å². The number of amides is 1. The first-order valence-electron chi connectivity index (χ1n) is 9.26. The highest BCUT2D eigenvalue weighted by Gasteiger charge is 2.22. The summed E-state index contributed by atoms with van der Waals surface area (Å²) in [5.41, 5.74) is 0.972. The number of nitro groups is 1. The van der Waals surface area contributed by atoms with Crippen molar-refractivity contribution in [1.29, 1.82) is 0 Å². The number of thiazole rings is 1. The molecule has 1 N–H and O–H groups in total. The SMILES string of the molecule is CCCc1ccc(OCC(=O)Nc2ncc(S(=O)(=O)c3ccc([N+](=O)[O-])cc3)s2)cc1. The second kappa shape index (κ2) is 9.67. The Morgan fingerprint density at radius 1 is 1.16 bits per heavy atom. The van der Waals surface area contributed by atoms with Gasteiger partial charge in [0.2, 0.25) is 9.84 Å². The number of benzene rings is 2. The zero-order chi connectivity index (χ0) is 22.4. The average Bonchev–Trinajstić information content (AvgIpc) is 3.23. The maximum Gasteiger partial charge on any atom is 0.269 e. The van der Waals surface area contributed by atoms with Gasteiger partial charge in [-0.2, -0.15) is 0 Å². The van der Waals surface area contributed by atoms with Gasteiger partial charge < -0.3 is 4.74 Å². The van der Waals surface area contributed by atoms with E-state index in [1.807, 2.05) is 12.1 Å². The number of carbonyl (C=O) groups excluding carboxylic acids is 1. The van der Waals surface area contributed by atoms with Crippen LogP contribution in [0.5, 0.6) is 5.75 Å². The first kappa shape index (κ1) is 22.4. The van der Waals surface area contributed by atoms with Crippen LogP contribution in [0.15, 0.2) is 63.8 Å². The van der Waals surface area contributed by atoms with E-state index < -0.39 is 20.7 Å². The van der Waals surface area contributed by atoms with Crippen molar-refractivity contribution in [2.24, 2.45) is 0 Å². The summed E-state index contributed by atoms with van der Waals surface area (Å²) < 4.78 is 30.7. The van der Waals surface area contributed by atoms with Crippen LogP contribution in [0.2, 0.25) is 0 Å². The number of aryl methyl sites for hydroxylation is 1. The topological polar surface area (TPSA) is 128 Å². The molecule has 1 heterocycles. The highest BCUT2D eigenvalue weighted by molar-refractivity contribution is 7.93.